The van der Waals surface area contributed by atoms with Gasteiger partial charge in [-0.25, -0.2) is 4.79 Å². The normalized spacial score (nSPS) is 16.5. The molecule has 1 saturated heterocycles. The van der Waals surface area contributed by atoms with Crippen LogP contribution in [0.4, 0.5) is 0 Å². The third kappa shape index (κ3) is 3.04. The minimum absolute atomic E-state index is 0.208. The number of nitrogens with zero attached hydrogens (tertiary/aromatic N) is 1. The van der Waals surface area contributed by atoms with Crippen molar-refractivity contribution >= 4 is 28.7 Å². The number of imide groups is 1. The van der Waals surface area contributed by atoms with E-state index in [0.717, 1.165) is 21.4 Å². The number of ether oxygens (including phenoxy) is 1. The number of hydrogen-bond acceptors (Lipinski definition) is 4. The maximum Gasteiger partial charge on any atom is 0.329 e. The Bertz CT molecular complexity index is 764. The Morgan fingerprint density at radius 3 is 2.67 bits per heavy atom. The minimum atomic E-state index is -0.913. The maximum atomic E-state index is 12.4. The smallest absolute Gasteiger partial charge is 0.329 e. The van der Waals surface area contributed by atoms with Crippen molar-refractivity contribution in [3.8, 4) is 0 Å². The van der Waals surface area contributed by atoms with Crippen LogP contribution in [0.15, 0.2) is 30.5 Å². The predicted molar refractivity (Wildman–Crippen MR) is 88.1 cm³/mol. The summed E-state index contributed by atoms with van der Waals surface area (Å²) in [6, 6.07) is 6.81. The average molecular weight is 328 g/mol. The van der Waals surface area contributed by atoms with Crippen LogP contribution in [0.2, 0.25) is 0 Å². The van der Waals surface area contributed by atoms with Crippen molar-refractivity contribution in [1.29, 1.82) is 0 Å². The third-order valence-electron chi connectivity index (χ3n) is 4.28. The fraction of sp³-hybridized carbons (Fsp3) is 0.389. The van der Waals surface area contributed by atoms with Crippen molar-refractivity contribution in [2.45, 2.75) is 38.6 Å². The van der Waals surface area contributed by atoms with Gasteiger partial charge in [0.25, 0.3) is 0 Å². The molecule has 2 heterocycles. The van der Waals surface area contributed by atoms with E-state index < -0.39 is 12.0 Å². The number of rotatable bonds is 5. The van der Waals surface area contributed by atoms with E-state index in [2.05, 4.69) is 4.98 Å². The van der Waals surface area contributed by atoms with Crippen molar-refractivity contribution in [3.63, 3.8) is 0 Å². The molecule has 6 nitrogen and oxygen atoms in total. The molecular weight excluding hydrogens is 308 g/mol. The molecule has 0 radical (unpaired) electrons. The molecule has 1 N–H and O–H groups in total. The summed E-state index contributed by atoms with van der Waals surface area (Å²) in [5.74, 6) is -1.14. The molecule has 6 heteroatoms. The molecule has 24 heavy (non-hydrogen) atoms. The molecule has 1 aromatic carbocycles. The Balaban J connectivity index is 1.94. The van der Waals surface area contributed by atoms with E-state index in [4.69, 9.17) is 4.74 Å². The third-order valence-corrected chi connectivity index (χ3v) is 4.28. The van der Waals surface area contributed by atoms with Gasteiger partial charge in [-0.15, -0.1) is 0 Å². The monoisotopic (exact) mass is 328 g/mol. The van der Waals surface area contributed by atoms with Crippen LogP contribution in [0.1, 0.15) is 31.7 Å². The quantitative estimate of drug-likeness (QED) is 0.674. The van der Waals surface area contributed by atoms with Gasteiger partial charge in [0.15, 0.2) is 0 Å². The fourth-order valence-corrected chi connectivity index (χ4v) is 3.15. The van der Waals surface area contributed by atoms with E-state index in [1.165, 1.54) is 0 Å². The molecule has 0 unspecified atom stereocenters. The molecule has 3 rings (SSSR count). The van der Waals surface area contributed by atoms with Crippen molar-refractivity contribution < 1.29 is 19.1 Å². The van der Waals surface area contributed by atoms with Crippen LogP contribution in [0.25, 0.3) is 10.9 Å². The SMILES string of the molecule is CCOC(=O)[C@H](Cc1c[nH]c2ccccc12)N1C(=O)CCCC1=O. The Hall–Kier alpha value is -2.63. The van der Waals surface area contributed by atoms with Gasteiger partial charge in [0, 0.05) is 36.4 Å². The molecular formula is C18H20N2O4. The number of H-pyrrole nitrogens is 1. The van der Waals surface area contributed by atoms with Gasteiger partial charge in [0.2, 0.25) is 11.8 Å². The first-order valence-corrected chi connectivity index (χ1v) is 8.18. The van der Waals surface area contributed by atoms with Crippen molar-refractivity contribution in [2.75, 3.05) is 6.61 Å². The zero-order chi connectivity index (χ0) is 17.1. The predicted octanol–water partition coefficient (Wildman–Crippen LogP) is 2.18. The van der Waals surface area contributed by atoms with Gasteiger partial charge >= 0.3 is 5.97 Å². The lowest BCUT2D eigenvalue weighted by atomic mass is 10.00. The molecule has 2 amide bonds. The fourth-order valence-electron chi connectivity index (χ4n) is 3.15. The Morgan fingerprint density at radius 2 is 1.96 bits per heavy atom. The number of carbonyl (C=O) groups is 3. The lowest BCUT2D eigenvalue weighted by Crippen LogP contribution is -2.52. The highest BCUT2D eigenvalue weighted by Crippen LogP contribution is 2.24. The maximum absolute atomic E-state index is 12.4. The van der Waals surface area contributed by atoms with E-state index in [0.29, 0.717) is 6.42 Å². The molecule has 1 aromatic heterocycles. The van der Waals surface area contributed by atoms with Gasteiger partial charge in [-0.05, 0) is 25.0 Å². The molecule has 0 aliphatic carbocycles. The Labute approximate surface area is 139 Å². The summed E-state index contributed by atoms with van der Waals surface area (Å²) >= 11 is 0. The first-order chi connectivity index (χ1) is 11.6. The number of benzene rings is 1. The van der Waals surface area contributed by atoms with Gasteiger partial charge in [-0.3, -0.25) is 14.5 Å². The number of aromatic amines is 1. The molecule has 0 saturated carbocycles. The molecule has 2 aromatic rings. The Morgan fingerprint density at radius 1 is 1.25 bits per heavy atom. The summed E-state index contributed by atoms with van der Waals surface area (Å²) in [5.41, 5.74) is 1.83. The number of para-hydroxylation sites is 1. The number of aromatic nitrogens is 1. The number of hydrogen-bond donors (Lipinski definition) is 1. The molecule has 0 bridgehead atoms. The zero-order valence-corrected chi connectivity index (χ0v) is 13.6. The number of carbonyl (C=O) groups excluding carboxylic acids is 3. The van der Waals surface area contributed by atoms with E-state index >= 15 is 0 Å². The number of piperidine rings is 1. The minimum Gasteiger partial charge on any atom is -0.464 e. The average Bonchev–Trinajstić information content (AvgIpc) is 2.97. The summed E-state index contributed by atoms with van der Waals surface area (Å²) in [6.07, 6.45) is 3.18. The second kappa shape index (κ2) is 6.86. The lowest BCUT2D eigenvalue weighted by molar-refractivity contribution is -0.163. The van der Waals surface area contributed by atoms with Crippen molar-refractivity contribution in [3.05, 3.63) is 36.0 Å². The standard InChI is InChI=1S/C18H20N2O4/c1-2-24-18(23)15(20-16(21)8-5-9-17(20)22)10-12-11-19-14-7-4-3-6-13(12)14/h3-4,6-7,11,15,19H,2,5,8-10H2,1H3/t15-/m0/s1. The Kier molecular flexibility index (Phi) is 4.64. The van der Waals surface area contributed by atoms with Crippen LogP contribution in [0.5, 0.6) is 0 Å². The van der Waals surface area contributed by atoms with Gasteiger partial charge in [-0.2, -0.15) is 0 Å². The molecule has 0 spiro atoms. The first kappa shape index (κ1) is 16.2. The number of fused-ring (bicyclic) bond motifs is 1. The summed E-state index contributed by atoms with van der Waals surface area (Å²) in [6.45, 7) is 1.92. The van der Waals surface area contributed by atoms with Crippen LogP contribution in [0.3, 0.4) is 0 Å². The lowest BCUT2D eigenvalue weighted by Gasteiger charge is -2.31. The number of likely N-dealkylation sites (tertiary alicyclic amines) is 1. The topological polar surface area (TPSA) is 79.5 Å². The summed E-state index contributed by atoms with van der Waals surface area (Å²) in [7, 11) is 0. The number of esters is 1. The largest absolute Gasteiger partial charge is 0.464 e. The van der Waals surface area contributed by atoms with Gasteiger partial charge in [0.1, 0.15) is 6.04 Å². The van der Waals surface area contributed by atoms with E-state index in [-0.39, 0.29) is 37.7 Å². The zero-order valence-electron chi connectivity index (χ0n) is 13.6. The highest BCUT2D eigenvalue weighted by Gasteiger charge is 2.37. The summed E-state index contributed by atoms with van der Waals surface area (Å²) in [4.78, 5) is 41.1. The first-order valence-electron chi connectivity index (χ1n) is 8.18. The molecule has 126 valence electrons. The van der Waals surface area contributed by atoms with Crippen LogP contribution in [-0.2, 0) is 25.5 Å². The second-order valence-electron chi connectivity index (χ2n) is 5.84. The van der Waals surface area contributed by atoms with Gasteiger partial charge < -0.3 is 9.72 Å². The molecule has 1 aliphatic rings. The van der Waals surface area contributed by atoms with Crippen LogP contribution < -0.4 is 0 Å². The summed E-state index contributed by atoms with van der Waals surface area (Å²) in [5, 5.41) is 0.976. The van der Waals surface area contributed by atoms with Gasteiger partial charge in [0.05, 0.1) is 6.61 Å². The highest BCUT2D eigenvalue weighted by atomic mass is 16.5. The molecule has 1 fully saturated rings. The van der Waals surface area contributed by atoms with E-state index in [1.807, 2.05) is 30.5 Å². The molecule has 1 atom stereocenters. The van der Waals surface area contributed by atoms with Crippen molar-refractivity contribution in [1.82, 2.24) is 9.88 Å². The van der Waals surface area contributed by atoms with E-state index in [1.54, 1.807) is 6.92 Å². The number of amides is 2. The number of nitrogens with one attached hydrogen (secondary N) is 1. The van der Waals surface area contributed by atoms with Crippen LogP contribution in [0, 0.1) is 0 Å². The summed E-state index contributed by atoms with van der Waals surface area (Å²) < 4.78 is 5.12. The van der Waals surface area contributed by atoms with Crippen LogP contribution in [-0.4, -0.2) is 40.3 Å². The van der Waals surface area contributed by atoms with Gasteiger partial charge in [-0.1, -0.05) is 18.2 Å². The van der Waals surface area contributed by atoms with Crippen molar-refractivity contribution in [2.24, 2.45) is 0 Å². The second-order valence-corrected chi connectivity index (χ2v) is 5.84. The van der Waals surface area contributed by atoms with E-state index in [9.17, 15) is 14.4 Å². The van der Waals surface area contributed by atoms with Crippen LogP contribution >= 0.6 is 0 Å². The molecule has 1 aliphatic heterocycles. The highest BCUT2D eigenvalue weighted by molar-refractivity contribution is 6.01.